The first-order valence-corrected chi connectivity index (χ1v) is 22.2. The maximum atomic E-state index is 2.49. The van der Waals surface area contributed by atoms with Crippen LogP contribution in [0.3, 0.4) is 0 Å². The minimum atomic E-state index is 1.10. The standard InChI is InChI=1S/C62H44N2/c1-41-23-24-49(44-15-7-4-8-16-44)40-59(41)53-38-31-48(39-42(53)2)46-27-34-51(35-28-46)63(50-32-25-45(26-33-50)43-13-5-3-6-14-43)52-36-29-47(30-37-52)54-18-11-20-57-58-21-12-19-56-55-17-9-10-22-60(55)64(61(54)57)62(56)58/h3-40H,1-2H3. The summed E-state index contributed by atoms with van der Waals surface area (Å²) in [6, 6.07) is 84.3. The van der Waals surface area contributed by atoms with Crippen molar-refractivity contribution in [3.05, 3.63) is 242 Å². The minimum absolute atomic E-state index is 1.10. The average molecular weight is 817 g/mol. The summed E-state index contributed by atoms with van der Waals surface area (Å²) < 4.78 is 2.49. The van der Waals surface area contributed by atoms with Crippen LogP contribution in [0.1, 0.15) is 11.1 Å². The van der Waals surface area contributed by atoms with Crippen molar-refractivity contribution in [2.45, 2.75) is 13.8 Å². The van der Waals surface area contributed by atoms with Crippen molar-refractivity contribution in [3.63, 3.8) is 0 Å². The third-order valence-corrected chi connectivity index (χ3v) is 13.2. The van der Waals surface area contributed by atoms with E-state index in [4.69, 9.17) is 0 Å². The van der Waals surface area contributed by atoms with Gasteiger partial charge in [0.2, 0.25) is 0 Å². The highest BCUT2D eigenvalue weighted by Gasteiger charge is 2.20. The number of para-hydroxylation sites is 3. The average Bonchev–Trinajstić information content (AvgIpc) is 3.88. The zero-order chi connectivity index (χ0) is 42.7. The second-order valence-electron chi connectivity index (χ2n) is 17.0. The molecule has 0 unspecified atom stereocenters. The topological polar surface area (TPSA) is 7.65 Å². The maximum absolute atomic E-state index is 2.49. The quantitative estimate of drug-likeness (QED) is 0.148. The van der Waals surface area contributed by atoms with E-state index in [1.54, 1.807) is 0 Å². The van der Waals surface area contributed by atoms with E-state index in [2.05, 4.69) is 254 Å². The summed E-state index contributed by atoms with van der Waals surface area (Å²) in [7, 11) is 0. The third kappa shape index (κ3) is 6.26. The fraction of sp³-hybridized carbons (Fsp3) is 0.0323. The molecule has 302 valence electrons. The Bertz CT molecular complexity index is 3640. The molecule has 0 aliphatic heterocycles. The van der Waals surface area contributed by atoms with Crippen molar-refractivity contribution in [3.8, 4) is 55.6 Å². The minimum Gasteiger partial charge on any atom is -0.311 e. The summed E-state index contributed by atoms with van der Waals surface area (Å²) in [5.41, 5.74) is 21.9. The number of benzene rings is 10. The molecule has 0 saturated carbocycles. The van der Waals surface area contributed by atoms with Gasteiger partial charge >= 0.3 is 0 Å². The molecule has 0 atom stereocenters. The van der Waals surface area contributed by atoms with Crippen molar-refractivity contribution in [1.82, 2.24) is 4.40 Å². The first-order valence-electron chi connectivity index (χ1n) is 22.2. The van der Waals surface area contributed by atoms with Gasteiger partial charge in [0.25, 0.3) is 0 Å². The summed E-state index contributed by atoms with van der Waals surface area (Å²) in [5, 5.41) is 5.18. The normalized spacial score (nSPS) is 11.6. The Hall–Kier alpha value is -8.20. The Kier molecular flexibility index (Phi) is 8.98. The smallest absolute Gasteiger partial charge is 0.0620 e. The van der Waals surface area contributed by atoms with Crippen LogP contribution in [0.4, 0.5) is 17.1 Å². The number of aromatic nitrogens is 1. The van der Waals surface area contributed by atoms with E-state index in [9.17, 15) is 0 Å². The molecule has 2 nitrogen and oxygen atoms in total. The van der Waals surface area contributed by atoms with Crippen LogP contribution in [0, 0.1) is 13.8 Å². The zero-order valence-corrected chi connectivity index (χ0v) is 35.8. The van der Waals surface area contributed by atoms with Crippen LogP contribution in [-0.2, 0) is 0 Å². The molecular formula is C62H44N2. The van der Waals surface area contributed by atoms with Crippen LogP contribution in [0.5, 0.6) is 0 Å². The Balaban J connectivity index is 0.916. The van der Waals surface area contributed by atoms with Crippen LogP contribution in [0.2, 0.25) is 0 Å². The molecule has 64 heavy (non-hydrogen) atoms. The fourth-order valence-electron chi connectivity index (χ4n) is 10.0. The third-order valence-electron chi connectivity index (χ3n) is 13.2. The number of anilines is 3. The number of aryl methyl sites for hydroxylation is 2. The molecule has 0 radical (unpaired) electrons. The van der Waals surface area contributed by atoms with Gasteiger partial charge in [-0.25, -0.2) is 0 Å². The van der Waals surface area contributed by atoms with Gasteiger partial charge in [0.05, 0.1) is 16.6 Å². The molecule has 10 aromatic carbocycles. The van der Waals surface area contributed by atoms with E-state index in [1.807, 2.05) is 0 Å². The summed E-state index contributed by atoms with van der Waals surface area (Å²) >= 11 is 0. The van der Waals surface area contributed by atoms with Crippen LogP contribution >= 0.6 is 0 Å². The molecule has 0 spiro atoms. The lowest BCUT2D eigenvalue weighted by molar-refractivity contribution is 1.28. The Morgan fingerprint density at radius 2 is 0.734 bits per heavy atom. The lowest BCUT2D eigenvalue weighted by Gasteiger charge is -2.26. The number of hydrogen-bond acceptors (Lipinski definition) is 1. The van der Waals surface area contributed by atoms with Crippen molar-refractivity contribution < 1.29 is 0 Å². The summed E-state index contributed by atoms with van der Waals surface area (Å²) in [6.45, 7) is 4.44. The molecule has 0 saturated heterocycles. The highest BCUT2D eigenvalue weighted by Crippen LogP contribution is 2.44. The Morgan fingerprint density at radius 1 is 0.281 bits per heavy atom. The molecule has 2 heterocycles. The van der Waals surface area contributed by atoms with E-state index >= 15 is 0 Å². The summed E-state index contributed by atoms with van der Waals surface area (Å²) in [6.07, 6.45) is 0. The van der Waals surface area contributed by atoms with Gasteiger partial charge in [-0.1, -0.05) is 182 Å². The predicted molar refractivity (Wildman–Crippen MR) is 272 cm³/mol. The van der Waals surface area contributed by atoms with E-state index < -0.39 is 0 Å². The van der Waals surface area contributed by atoms with Gasteiger partial charge in [0.1, 0.15) is 0 Å². The van der Waals surface area contributed by atoms with Crippen molar-refractivity contribution in [2.75, 3.05) is 4.90 Å². The SMILES string of the molecule is Cc1cc(-c2ccc(N(c3ccc(-c4ccccc4)cc3)c3ccc(-c4cccc5c6cccc7c8ccccc8n(c45)c76)cc3)cc2)ccc1-c1cc(-c2ccccc2)ccc1C. The van der Waals surface area contributed by atoms with Gasteiger partial charge in [-0.15, -0.1) is 0 Å². The van der Waals surface area contributed by atoms with Crippen LogP contribution in [-0.4, -0.2) is 4.40 Å². The van der Waals surface area contributed by atoms with Crippen molar-refractivity contribution >= 4 is 55.2 Å². The lowest BCUT2D eigenvalue weighted by atomic mass is 9.91. The monoisotopic (exact) mass is 816 g/mol. The van der Waals surface area contributed by atoms with Crippen molar-refractivity contribution in [1.29, 1.82) is 0 Å². The second kappa shape index (κ2) is 15.3. The molecule has 0 aliphatic carbocycles. The number of hydrogen-bond donors (Lipinski definition) is 0. The van der Waals surface area contributed by atoms with Gasteiger partial charge < -0.3 is 9.30 Å². The molecular weight excluding hydrogens is 773 g/mol. The zero-order valence-electron chi connectivity index (χ0n) is 35.8. The number of rotatable bonds is 8. The van der Waals surface area contributed by atoms with Gasteiger partial charge in [0.15, 0.2) is 0 Å². The van der Waals surface area contributed by atoms with Gasteiger partial charge in [-0.05, 0) is 124 Å². The summed E-state index contributed by atoms with van der Waals surface area (Å²) in [4.78, 5) is 2.37. The van der Waals surface area contributed by atoms with E-state index in [0.29, 0.717) is 0 Å². The first kappa shape index (κ1) is 37.6. The van der Waals surface area contributed by atoms with Gasteiger partial charge in [-0.2, -0.15) is 0 Å². The number of fused-ring (bicyclic) bond motifs is 6. The highest BCUT2D eigenvalue weighted by atomic mass is 15.1. The highest BCUT2D eigenvalue weighted by molar-refractivity contribution is 6.25. The molecule has 0 bridgehead atoms. The molecule has 0 N–H and O–H groups in total. The first-order chi connectivity index (χ1) is 31.6. The fourth-order valence-corrected chi connectivity index (χ4v) is 10.0. The van der Waals surface area contributed by atoms with Crippen LogP contribution in [0.25, 0.3) is 93.7 Å². The largest absolute Gasteiger partial charge is 0.311 e. The summed E-state index contributed by atoms with van der Waals surface area (Å²) in [5.74, 6) is 0. The molecule has 2 aromatic heterocycles. The molecule has 0 aliphatic rings. The molecule has 0 amide bonds. The van der Waals surface area contributed by atoms with E-state index in [-0.39, 0.29) is 0 Å². The van der Waals surface area contributed by atoms with Crippen LogP contribution in [0.15, 0.2) is 231 Å². The predicted octanol–water partition coefficient (Wildman–Crippen LogP) is 17.3. The number of nitrogens with zero attached hydrogens (tertiary/aromatic N) is 2. The Morgan fingerprint density at radius 3 is 1.38 bits per heavy atom. The molecule has 0 fully saturated rings. The second-order valence-corrected chi connectivity index (χ2v) is 17.0. The van der Waals surface area contributed by atoms with E-state index in [0.717, 1.165) is 17.1 Å². The maximum Gasteiger partial charge on any atom is 0.0620 e. The van der Waals surface area contributed by atoms with E-state index in [1.165, 1.54) is 105 Å². The molecule has 12 aromatic rings. The molecule has 12 rings (SSSR count). The van der Waals surface area contributed by atoms with Gasteiger partial charge in [-0.3, -0.25) is 0 Å². The molecule has 2 heteroatoms. The van der Waals surface area contributed by atoms with Gasteiger partial charge in [0, 0.05) is 44.2 Å². The van der Waals surface area contributed by atoms with Crippen LogP contribution < -0.4 is 4.90 Å². The van der Waals surface area contributed by atoms with Crippen molar-refractivity contribution in [2.24, 2.45) is 0 Å². The lowest BCUT2D eigenvalue weighted by Crippen LogP contribution is -2.09. The Labute approximate surface area is 373 Å².